The van der Waals surface area contributed by atoms with Crippen molar-refractivity contribution < 1.29 is 13.9 Å². The molecule has 0 radical (unpaired) electrons. The monoisotopic (exact) mass is 460 g/mol. The van der Waals surface area contributed by atoms with Crippen LogP contribution < -0.4 is 0 Å². The molecular weight excluding hydrogens is 412 g/mol. The number of hydrogen-bond acceptors (Lipinski definition) is 3. The maximum absolute atomic E-state index is 7.12. The van der Waals surface area contributed by atoms with Crippen LogP contribution in [0.25, 0.3) is 0 Å². The molecule has 5 aliphatic rings. The van der Waals surface area contributed by atoms with Crippen molar-refractivity contribution in [3.63, 3.8) is 0 Å². The Labute approximate surface area is 198 Å². The molecule has 4 aliphatic carbocycles. The molecule has 9 atom stereocenters. The second-order valence-electron chi connectivity index (χ2n) is 14.3. The number of rotatable bonds is 2. The van der Waals surface area contributed by atoms with Crippen LogP contribution in [0.4, 0.5) is 0 Å². The Balaban J connectivity index is 1.52. The Kier molecular flexibility index (Phi) is 5.29. The smallest absolute Gasteiger partial charge is 0.192 e. The lowest BCUT2D eigenvalue weighted by atomic mass is 9.46. The van der Waals surface area contributed by atoms with Crippen molar-refractivity contribution in [2.45, 2.75) is 129 Å². The quantitative estimate of drug-likeness (QED) is 0.319. The summed E-state index contributed by atoms with van der Waals surface area (Å²) < 4.78 is 20.6. The summed E-state index contributed by atoms with van der Waals surface area (Å²) in [6.07, 6.45) is 13.9. The van der Waals surface area contributed by atoms with Crippen molar-refractivity contribution in [2.75, 3.05) is 0 Å². The first-order chi connectivity index (χ1) is 14.7. The highest BCUT2D eigenvalue weighted by Gasteiger charge is 2.67. The molecule has 4 heteroatoms. The highest BCUT2D eigenvalue weighted by atomic mass is 28.4. The molecule has 4 unspecified atom stereocenters. The Morgan fingerprint density at radius 1 is 0.906 bits per heavy atom. The van der Waals surface area contributed by atoms with Crippen LogP contribution in [0.2, 0.25) is 18.1 Å². The Bertz CT molecular complexity index is 782. The van der Waals surface area contributed by atoms with E-state index >= 15 is 0 Å². The van der Waals surface area contributed by atoms with Crippen molar-refractivity contribution in [1.29, 1.82) is 0 Å². The molecule has 4 fully saturated rings. The third kappa shape index (κ3) is 3.29. The van der Waals surface area contributed by atoms with Gasteiger partial charge in [-0.05, 0) is 86.7 Å². The van der Waals surface area contributed by atoms with Crippen LogP contribution in [0.1, 0.15) is 87.0 Å². The molecule has 0 aromatic heterocycles. The topological polar surface area (TPSA) is 27.7 Å². The van der Waals surface area contributed by atoms with Gasteiger partial charge in [-0.1, -0.05) is 59.6 Å². The van der Waals surface area contributed by atoms with E-state index in [9.17, 15) is 0 Å². The molecule has 0 aromatic carbocycles. The normalized spacial score (nSPS) is 49.8. The molecule has 182 valence electrons. The second kappa shape index (κ2) is 7.18. The summed E-state index contributed by atoms with van der Waals surface area (Å²) in [6.45, 7) is 21.3. The summed E-state index contributed by atoms with van der Waals surface area (Å²) in [6, 6.07) is 0. The Hall–Kier alpha value is -0.163. The van der Waals surface area contributed by atoms with Gasteiger partial charge in [-0.3, -0.25) is 0 Å². The molecule has 3 nitrogen and oxygen atoms in total. The van der Waals surface area contributed by atoms with E-state index in [2.05, 4.69) is 73.7 Å². The maximum atomic E-state index is 7.12. The summed E-state index contributed by atoms with van der Waals surface area (Å²) in [5.74, 6) is 1.94. The van der Waals surface area contributed by atoms with Crippen LogP contribution in [0.15, 0.2) is 12.2 Å². The number of allylic oxidation sites excluding steroid dienone is 1. The second-order valence-corrected chi connectivity index (χ2v) is 19.1. The lowest BCUT2D eigenvalue weighted by Gasteiger charge is -2.61. The molecule has 0 spiro atoms. The van der Waals surface area contributed by atoms with E-state index < -0.39 is 14.1 Å². The molecule has 0 N–H and O–H groups in total. The minimum Gasteiger partial charge on any atom is -0.413 e. The predicted molar refractivity (Wildman–Crippen MR) is 133 cm³/mol. The van der Waals surface area contributed by atoms with E-state index in [1.165, 1.54) is 38.5 Å². The van der Waals surface area contributed by atoms with Crippen LogP contribution in [0.5, 0.6) is 0 Å². The molecule has 1 saturated heterocycles. The molecular formula is C28H48O3Si. The summed E-state index contributed by atoms with van der Waals surface area (Å²) in [4.78, 5) is 0. The first kappa shape index (κ1) is 23.6. The third-order valence-corrected chi connectivity index (χ3v) is 15.5. The van der Waals surface area contributed by atoms with E-state index in [0.717, 1.165) is 0 Å². The fourth-order valence-electron chi connectivity index (χ4n) is 8.30. The number of ether oxygens (including phenoxy) is 2. The summed E-state index contributed by atoms with van der Waals surface area (Å²) in [7, 11) is -1.82. The van der Waals surface area contributed by atoms with Crippen LogP contribution in [0.3, 0.4) is 0 Å². The largest absolute Gasteiger partial charge is 0.413 e. The zero-order valence-corrected chi connectivity index (χ0v) is 23.2. The molecule has 3 saturated carbocycles. The van der Waals surface area contributed by atoms with Gasteiger partial charge in [-0.25, -0.2) is 0 Å². The lowest BCUT2D eigenvalue weighted by molar-refractivity contribution is -0.155. The van der Waals surface area contributed by atoms with Gasteiger partial charge in [0.05, 0.1) is 18.3 Å². The van der Waals surface area contributed by atoms with Crippen LogP contribution in [0, 0.1) is 34.5 Å². The summed E-state index contributed by atoms with van der Waals surface area (Å²) in [5.41, 5.74) is 0.444. The average Bonchev–Trinajstić information content (AvgIpc) is 3.16. The van der Waals surface area contributed by atoms with Gasteiger partial charge in [0.2, 0.25) is 0 Å². The lowest BCUT2D eigenvalue weighted by Crippen LogP contribution is -2.61. The van der Waals surface area contributed by atoms with Crippen LogP contribution >= 0.6 is 0 Å². The van der Waals surface area contributed by atoms with E-state index in [1.54, 1.807) is 0 Å². The molecule has 0 aromatic rings. The zero-order valence-electron chi connectivity index (χ0n) is 22.2. The highest BCUT2D eigenvalue weighted by Crippen LogP contribution is 2.67. The van der Waals surface area contributed by atoms with E-state index in [1.807, 2.05) is 0 Å². The zero-order chi connectivity index (χ0) is 23.3. The van der Waals surface area contributed by atoms with Gasteiger partial charge in [-0.15, -0.1) is 0 Å². The van der Waals surface area contributed by atoms with Gasteiger partial charge >= 0.3 is 0 Å². The number of fused-ring (bicyclic) bond motifs is 8. The minimum absolute atomic E-state index is 0.106. The van der Waals surface area contributed by atoms with E-state index in [-0.39, 0.29) is 22.7 Å². The van der Waals surface area contributed by atoms with Crippen molar-refractivity contribution in [3.8, 4) is 0 Å². The maximum Gasteiger partial charge on any atom is 0.192 e. The van der Waals surface area contributed by atoms with Crippen molar-refractivity contribution >= 4 is 8.32 Å². The van der Waals surface area contributed by atoms with E-state index in [0.29, 0.717) is 35.2 Å². The van der Waals surface area contributed by atoms with Crippen LogP contribution in [-0.4, -0.2) is 32.4 Å². The van der Waals surface area contributed by atoms with Gasteiger partial charge in [0.15, 0.2) is 14.1 Å². The fourth-order valence-corrected chi connectivity index (χ4v) is 9.73. The van der Waals surface area contributed by atoms with E-state index in [4.69, 9.17) is 13.9 Å². The molecule has 1 heterocycles. The predicted octanol–water partition coefficient (Wildman–Crippen LogP) is 7.33. The Morgan fingerprint density at radius 2 is 1.59 bits per heavy atom. The third-order valence-electron chi connectivity index (χ3n) is 11.0. The standard InChI is InChI=1S/C28H48O3Si/c1-25(2,3)32(8,9)31-21-14-13-18-22-19(15-17-28(18,21)7)27(6)16-11-10-12-20(27)23-24(22)30-26(4,5)29-23/h15,17-24H,10-14,16H2,1-9H3/t18?,19?,20?,21-,22?,23+,24+,27+,28-/m0/s1. The average molecular weight is 461 g/mol. The minimum atomic E-state index is -1.82. The Morgan fingerprint density at radius 3 is 2.28 bits per heavy atom. The summed E-state index contributed by atoms with van der Waals surface area (Å²) in [5, 5.41) is 0.244. The van der Waals surface area contributed by atoms with Gasteiger partial charge in [0, 0.05) is 5.41 Å². The number of hydrogen-bond donors (Lipinski definition) is 0. The highest BCUT2D eigenvalue weighted by molar-refractivity contribution is 6.74. The molecule has 32 heavy (non-hydrogen) atoms. The fraction of sp³-hybridized carbons (Fsp3) is 0.929. The van der Waals surface area contributed by atoms with Gasteiger partial charge < -0.3 is 13.9 Å². The summed E-state index contributed by atoms with van der Waals surface area (Å²) >= 11 is 0. The molecule has 0 amide bonds. The van der Waals surface area contributed by atoms with Crippen molar-refractivity contribution in [3.05, 3.63) is 12.2 Å². The molecule has 0 bridgehead atoms. The molecule has 5 rings (SSSR count). The first-order valence-electron chi connectivity index (χ1n) is 13.4. The van der Waals surface area contributed by atoms with Crippen molar-refractivity contribution in [1.82, 2.24) is 0 Å². The molecule has 1 aliphatic heterocycles. The SMILES string of the molecule is CC1(C)O[C@@H]2C3C(C=C[C@@]4(C)C3CC[C@@H]4O[Si](C)(C)C(C)(C)C)[C@@]3(C)CCCCC3[C@H]2O1. The van der Waals surface area contributed by atoms with Gasteiger partial charge in [-0.2, -0.15) is 0 Å². The first-order valence-corrected chi connectivity index (χ1v) is 16.3. The van der Waals surface area contributed by atoms with Crippen LogP contribution in [-0.2, 0) is 13.9 Å². The van der Waals surface area contributed by atoms with Gasteiger partial charge in [0.1, 0.15) is 0 Å². The van der Waals surface area contributed by atoms with Crippen molar-refractivity contribution in [2.24, 2.45) is 34.5 Å². The van der Waals surface area contributed by atoms with Gasteiger partial charge in [0.25, 0.3) is 0 Å².